The highest BCUT2D eigenvalue weighted by Gasteiger charge is 2.13. The largest absolute Gasteiger partial charge is 0.492 e. The first-order valence-electron chi connectivity index (χ1n) is 9.19. The number of para-hydroxylation sites is 2. The first-order valence-corrected chi connectivity index (χ1v) is 9.19. The smallest absolute Gasteiger partial charge is 0.274 e. The molecule has 0 fully saturated rings. The Morgan fingerprint density at radius 2 is 1.79 bits per heavy atom. The normalized spacial score (nSPS) is 10.4. The van der Waals surface area contributed by atoms with Gasteiger partial charge in [0.15, 0.2) is 0 Å². The van der Waals surface area contributed by atoms with E-state index >= 15 is 0 Å². The lowest BCUT2D eigenvalue weighted by Crippen LogP contribution is -2.16. The van der Waals surface area contributed by atoms with E-state index in [1.807, 2.05) is 57.2 Å². The maximum atomic E-state index is 12.7. The van der Waals surface area contributed by atoms with Crippen molar-refractivity contribution >= 4 is 23.2 Å². The summed E-state index contributed by atoms with van der Waals surface area (Å²) in [6.07, 6.45) is 0. The van der Waals surface area contributed by atoms with E-state index in [-0.39, 0.29) is 11.6 Å². The fraction of sp³-hybridized carbons (Fsp3) is 0.227. The predicted octanol–water partition coefficient (Wildman–Crippen LogP) is 4.80. The van der Waals surface area contributed by atoms with Crippen LogP contribution in [0.1, 0.15) is 34.2 Å². The number of hydrogen-bond donors (Lipinski definition) is 2. The van der Waals surface area contributed by atoms with Crippen molar-refractivity contribution in [1.82, 2.24) is 9.97 Å². The number of nitrogens with one attached hydrogen (secondary N) is 2. The van der Waals surface area contributed by atoms with Gasteiger partial charge in [0.05, 0.1) is 12.3 Å². The van der Waals surface area contributed by atoms with Crippen LogP contribution in [-0.2, 0) is 0 Å². The number of amides is 1. The first-order chi connectivity index (χ1) is 13.5. The molecule has 6 heteroatoms. The van der Waals surface area contributed by atoms with E-state index in [0.29, 0.717) is 29.7 Å². The van der Waals surface area contributed by atoms with Gasteiger partial charge in [-0.2, -0.15) is 0 Å². The second kappa shape index (κ2) is 8.52. The second-order valence-electron chi connectivity index (χ2n) is 6.53. The van der Waals surface area contributed by atoms with Gasteiger partial charge < -0.3 is 15.4 Å². The van der Waals surface area contributed by atoms with Crippen molar-refractivity contribution in [2.75, 3.05) is 17.2 Å². The number of nitrogens with zero attached hydrogens (tertiary/aromatic N) is 2. The fourth-order valence-electron chi connectivity index (χ4n) is 2.73. The average Bonchev–Trinajstić information content (AvgIpc) is 2.66. The van der Waals surface area contributed by atoms with Crippen LogP contribution >= 0.6 is 0 Å². The summed E-state index contributed by atoms with van der Waals surface area (Å²) < 4.78 is 5.56. The zero-order valence-electron chi connectivity index (χ0n) is 16.5. The minimum absolute atomic E-state index is 0.283. The van der Waals surface area contributed by atoms with Gasteiger partial charge in [0.1, 0.15) is 11.4 Å². The number of ether oxygens (including phenoxy) is 1. The molecule has 0 saturated carbocycles. The zero-order chi connectivity index (χ0) is 20.1. The first kappa shape index (κ1) is 19.4. The van der Waals surface area contributed by atoms with Crippen LogP contribution in [0.4, 0.5) is 17.3 Å². The number of aromatic nitrogens is 2. The van der Waals surface area contributed by atoms with Gasteiger partial charge in [-0.25, -0.2) is 9.97 Å². The van der Waals surface area contributed by atoms with Crippen LogP contribution in [0.25, 0.3) is 0 Å². The lowest BCUT2D eigenvalue weighted by atomic mass is 10.1. The van der Waals surface area contributed by atoms with Gasteiger partial charge in [-0.05, 0) is 69.2 Å². The molecule has 0 aliphatic carbocycles. The Morgan fingerprint density at radius 3 is 2.54 bits per heavy atom. The molecule has 3 aromatic rings. The molecule has 0 spiro atoms. The van der Waals surface area contributed by atoms with E-state index in [9.17, 15) is 4.79 Å². The third-order valence-corrected chi connectivity index (χ3v) is 4.29. The summed E-state index contributed by atoms with van der Waals surface area (Å²) in [5, 5.41) is 6.04. The van der Waals surface area contributed by atoms with Crippen molar-refractivity contribution in [1.29, 1.82) is 0 Å². The molecule has 3 rings (SSSR count). The van der Waals surface area contributed by atoms with Gasteiger partial charge >= 0.3 is 0 Å². The molecule has 28 heavy (non-hydrogen) atoms. The number of carbonyl (C=O) groups excluding carboxylic acids is 1. The molecule has 0 bridgehead atoms. The molecule has 6 nitrogen and oxygen atoms in total. The van der Waals surface area contributed by atoms with Crippen molar-refractivity contribution < 1.29 is 9.53 Å². The lowest BCUT2D eigenvalue weighted by Gasteiger charge is -2.12. The minimum Gasteiger partial charge on any atom is -0.492 e. The van der Waals surface area contributed by atoms with Crippen LogP contribution in [-0.4, -0.2) is 22.5 Å². The molecular weight excluding hydrogens is 352 g/mol. The highest BCUT2D eigenvalue weighted by Crippen LogP contribution is 2.24. The molecule has 1 aromatic heterocycles. The van der Waals surface area contributed by atoms with Gasteiger partial charge in [0.2, 0.25) is 5.95 Å². The maximum Gasteiger partial charge on any atom is 0.274 e. The molecular formula is C22H24N4O2. The van der Waals surface area contributed by atoms with Gasteiger partial charge in [-0.15, -0.1) is 0 Å². The van der Waals surface area contributed by atoms with Crippen LogP contribution in [0.3, 0.4) is 0 Å². The van der Waals surface area contributed by atoms with Gasteiger partial charge in [-0.3, -0.25) is 4.79 Å². The van der Waals surface area contributed by atoms with Crippen LogP contribution < -0.4 is 15.4 Å². The zero-order valence-corrected chi connectivity index (χ0v) is 16.5. The van der Waals surface area contributed by atoms with Crippen molar-refractivity contribution in [3.05, 3.63) is 71.0 Å². The Hall–Kier alpha value is -3.41. The highest BCUT2D eigenvalue weighted by atomic mass is 16.5. The molecule has 0 saturated heterocycles. The molecule has 0 atom stereocenters. The number of aryl methyl sites for hydroxylation is 3. The Labute approximate surface area is 165 Å². The number of hydrogen-bond acceptors (Lipinski definition) is 5. The van der Waals surface area contributed by atoms with Crippen molar-refractivity contribution in [3.63, 3.8) is 0 Å². The van der Waals surface area contributed by atoms with Gasteiger partial charge in [-0.1, -0.05) is 18.2 Å². The summed E-state index contributed by atoms with van der Waals surface area (Å²) >= 11 is 0. The standard InChI is InChI=1S/C22H24N4O2/c1-5-28-20-9-7-6-8-18(20)25-21(27)19-13-16(4)23-22(26-19)24-17-11-10-14(2)15(3)12-17/h6-13H,5H2,1-4H3,(H,25,27)(H,23,24,26). The van der Waals surface area contributed by atoms with Crippen LogP contribution in [0.5, 0.6) is 5.75 Å². The molecule has 2 N–H and O–H groups in total. The summed E-state index contributed by atoms with van der Waals surface area (Å²) in [5.41, 5.74) is 4.85. The molecule has 0 unspecified atom stereocenters. The predicted molar refractivity (Wildman–Crippen MR) is 112 cm³/mol. The summed E-state index contributed by atoms with van der Waals surface area (Å²) in [6.45, 7) is 8.36. The molecule has 2 aromatic carbocycles. The second-order valence-corrected chi connectivity index (χ2v) is 6.53. The maximum absolute atomic E-state index is 12.7. The molecule has 0 aliphatic rings. The van der Waals surface area contributed by atoms with Crippen molar-refractivity contribution in [3.8, 4) is 5.75 Å². The molecule has 144 valence electrons. The van der Waals surface area contributed by atoms with E-state index in [2.05, 4.69) is 27.5 Å². The summed E-state index contributed by atoms with van der Waals surface area (Å²) in [6, 6.07) is 15.0. The Morgan fingerprint density at radius 1 is 1.00 bits per heavy atom. The van der Waals surface area contributed by atoms with Crippen LogP contribution in [0.2, 0.25) is 0 Å². The van der Waals surface area contributed by atoms with Gasteiger partial charge in [0, 0.05) is 11.4 Å². The third-order valence-electron chi connectivity index (χ3n) is 4.29. The quantitative estimate of drug-likeness (QED) is 0.646. The SMILES string of the molecule is CCOc1ccccc1NC(=O)c1cc(C)nc(Nc2ccc(C)c(C)c2)n1. The highest BCUT2D eigenvalue weighted by molar-refractivity contribution is 6.03. The number of benzene rings is 2. The average molecular weight is 376 g/mol. The number of anilines is 3. The fourth-order valence-corrected chi connectivity index (χ4v) is 2.73. The summed E-state index contributed by atoms with van der Waals surface area (Å²) in [4.78, 5) is 21.5. The van der Waals surface area contributed by atoms with E-state index < -0.39 is 0 Å². The van der Waals surface area contributed by atoms with Crippen molar-refractivity contribution in [2.45, 2.75) is 27.7 Å². The molecule has 0 aliphatic heterocycles. The van der Waals surface area contributed by atoms with E-state index in [4.69, 9.17) is 4.74 Å². The van der Waals surface area contributed by atoms with E-state index in [0.717, 1.165) is 5.69 Å². The third kappa shape index (κ3) is 4.65. The molecule has 0 radical (unpaired) electrons. The van der Waals surface area contributed by atoms with Gasteiger partial charge in [0.25, 0.3) is 5.91 Å². The Kier molecular flexibility index (Phi) is 5.89. The minimum atomic E-state index is -0.319. The Balaban J connectivity index is 1.82. The lowest BCUT2D eigenvalue weighted by molar-refractivity contribution is 0.102. The number of carbonyl (C=O) groups is 1. The molecule has 1 amide bonds. The Bertz CT molecular complexity index is 1000. The monoisotopic (exact) mass is 376 g/mol. The topological polar surface area (TPSA) is 76.1 Å². The summed E-state index contributed by atoms with van der Waals surface area (Å²) in [5.74, 6) is 0.685. The van der Waals surface area contributed by atoms with Crippen molar-refractivity contribution in [2.24, 2.45) is 0 Å². The van der Waals surface area contributed by atoms with E-state index in [1.165, 1.54) is 11.1 Å². The van der Waals surface area contributed by atoms with Crippen LogP contribution in [0.15, 0.2) is 48.5 Å². The van der Waals surface area contributed by atoms with E-state index in [1.54, 1.807) is 12.1 Å². The van der Waals surface area contributed by atoms with Crippen LogP contribution in [0, 0.1) is 20.8 Å². The number of rotatable bonds is 6. The molecule has 1 heterocycles. The summed E-state index contributed by atoms with van der Waals surface area (Å²) in [7, 11) is 0.